The molecule has 3 aromatic rings. The van der Waals surface area contributed by atoms with Crippen molar-refractivity contribution < 1.29 is 13.9 Å². The highest BCUT2D eigenvalue weighted by Gasteiger charge is 2.21. The van der Waals surface area contributed by atoms with Gasteiger partial charge in [-0.2, -0.15) is 0 Å². The lowest BCUT2D eigenvalue weighted by atomic mass is 10.1. The van der Waals surface area contributed by atoms with Gasteiger partial charge in [0.05, 0.1) is 17.6 Å². The van der Waals surface area contributed by atoms with Crippen LogP contribution in [0.1, 0.15) is 29.8 Å². The van der Waals surface area contributed by atoms with Gasteiger partial charge in [0.1, 0.15) is 23.6 Å². The highest BCUT2D eigenvalue weighted by molar-refractivity contribution is 5.84. The number of anilines is 1. The van der Waals surface area contributed by atoms with Gasteiger partial charge in [0.2, 0.25) is 11.7 Å². The van der Waals surface area contributed by atoms with E-state index in [1.54, 1.807) is 14.0 Å². The Balaban J connectivity index is 1.07. The molecule has 1 aromatic heterocycles. The molecule has 3 aliphatic rings. The summed E-state index contributed by atoms with van der Waals surface area (Å²) in [5.74, 6) is 2.47. The number of carbonyl (C=O) groups is 1. The summed E-state index contributed by atoms with van der Waals surface area (Å²) in [6.07, 6.45) is 1.13. The maximum Gasteiger partial charge on any atom is 0.220 e. The van der Waals surface area contributed by atoms with E-state index < -0.39 is 0 Å². The Labute approximate surface area is 236 Å². The number of carbonyl (C=O) groups excluding carboxylic acids is 1. The first kappa shape index (κ1) is 26.3. The van der Waals surface area contributed by atoms with Crippen LogP contribution in [0.15, 0.2) is 57.9 Å². The lowest BCUT2D eigenvalue weighted by Crippen LogP contribution is -2.34. The topological polar surface area (TPSA) is 132 Å². The molecule has 0 radical (unpaired) electrons. The van der Waals surface area contributed by atoms with E-state index in [0.717, 1.165) is 57.8 Å². The van der Waals surface area contributed by atoms with Crippen molar-refractivity contribution in [2.75, 3.05) is 31.6 Å². The summed E-state index contributed by atoms with van der Waals surface area (Å²) >= 11 is 0. The highest BCUT2D eigenvalue weighted by Crippen LogP contribution is 2.37. The van der Waals surface area contributed by atoms with Crippen LogP contribution in [0, 0.1) is 13.8 Å². The molecule has 1 aliphatic carbocycles. The number of aryl methyl sites for hydroxylation is 2. The zero-order valence-corrected chi connectivity index (χ0v) is 23.2. The van der Waals surface area contributed by atoms with Crippen LogP contribution >= 0.6 is 0 Å². The number of rotatable bonds is 7. The average molecular weight is 551 g/mol. The largest absolute Gasteiger partial charge is 0.489 e. The molecule has 6 rings (SSSR count). The maximum atomic E-state index is 12.6. The van der Waals surface area contributed by atoms with Gasteiger partial charge >= 0.3 is 0 Å². The quantitative estimate of drug-likeness (QED) is 0.302. The van der Waals surface area contributed by atoms with Crippen molar-refractivity contribution in [1.29, 1.82) is 0 Å². The number of nitrogens with one attached hydrogen (secondary N) is 1. The van der Waals surface area contributed by atoms with E-state index in [2.05, 4.69) is 35.6 Å². The molecule has 3 heterocycles. The van der Waals surface area contributed by atoms with Gasteiger partial charge in [-0.25, -0.2) is 4.98 Å². The van der Waals surface area contributed by atoms with Crippen molar-refractivity contribution >= 4 is 22.7 Å². The summed E-state index contributed by atoms with van der Waals surface area (Å²) in [6, 6.07) is 15.5. The zero-order chi connectivity index (χ0) is 28.3. The predicted molar refractivity (Wildman–Crippen MR) is 153 cm³/mol. The van der Waals surface area contributed by atoms with E-state index in [-0.39, 0.29) is 5.91 Å². The van der Waals surface area contributed by atoms with Gasteiger partial charge in [-0.15, -0.1) is 20.4 Å². The molecule has 0 saturated carbocycles. The molecule has 0 bridgehead atoms. The smallest absolute Gasteiger partial charge is 0.220 e. The molecule has 41 heavy (non-hydrogen) atoms. The fraction of sp³-hybridized carbons (Fsp3) is 0.300. The molecule has 0 spiro atoms. The van der Waals surface area contributed by atoms with Crippen LogP contribution in [-0.4, -0.2) is 58.0 Å². The van der Waals surface area contributed by atoms with Crippen LogP contribution in [0.5, 0.6) is 5.75 Å². The van der Waals surface area contributed by atoms with Gasteiger partial charge in [0.15, 0.2) is 17.2 Å². The molecule has 1 amide bonds. The number of nitrogens with zero attached hydrogens (tertiary/aromatic N) is 7. The summed E-state index contributed by atoms with van der Waals surface area (Å²) < 4.78 is 12.2. The Bertz CT molecular complexity index is 1750. The fourth-order valence-electron chi connectivity index (χ4n) is 4.90. The zero-order valence-electron chi connectivity index (χ0n) is 23.2. The summed E-state index contributed by atoms with van der Waals surface area (Å²) in [5.41, 5.74) is 6.02. The van der Waals surface area contributed by atoms with E-state index in [9.17, 15) is 4.79 Å². The number of benzene rings is 3. The number of ether oxygens (including phenoxy) is 1. The Morgan fingerprint density at radius 3 is 2.63 bits per heavy atom. The number of fused-ring (bicyclic) bond motifs is 3. The van der Waals surface area contributed by atoms with Crippen LogP contribution in [0.3, 0.4) is 0 Å². The van der Waals surface area contributed by atoms with Gasteiger partial charge < -0.3 is 19.4 Å². The molecule has 2 aromatic carbocycles. The summed E-state index contributed by atoms with van der Waals surface area (Å²) in [4.78, 5) is 23.9. The van der Waals surface area contributed by atoms with Crippen LogP contribution in [-0.2, 0) is 11.3 Å². The Hall–Kier alpha value is -4.93. The normalized spacial score (nSPS) is 13.3. The second kappa shape index (κ2) is 11.3. The van der Waals surface area contributed by atoms with Gasteiger partial charge in [-0.3, -0.25) is 9.79 Å². The summed E-state index contributed by atoms with van der Waals surface area (Å²) in [6.45, 7) is 6.24. The molecular weight excluding hydrogens is 520 g/mol. The molecule has 208 valence electrons. The maximum absolute atomic E-state index is 12.6. The standard InChI is InChI=1S/C30H30N8O3/c1-18-13-23-26(14-22(18)31-3)41-27-16-25-28(15-24(27)33-23)40-12-11-38(25)10-4-5-29(39)32-17-20-6-8-21(9-7-20)30-36-34-19(2)35-37-30/h6-9,13-16H,4-5,10-12,17H2,1-3H3,(H,32,39). The summed E-state index contributed by atoms with van der Waals surface area (Å²) in [5, 5.41) is 19.9. The van der Waals surface area contributed by atoms with E-state index in [1.165, 1.54) is 0 Å². The number of aromatic nitrogens is 5. The molecule has 11 nitrogen and oxygen atoms in total. The lowest BCUT2D eigenvalue weighted by molar-refractivity contribution is -0.121. The van der Waals surface area contributed by atoms with Crippen molar-refractivity contribution in [1.82, 2.24) is 30.7 Å². The fourth-order valence-corrected chi connectivity index (χ4v) is 4.90. The SMILES string of the molecule is CN=c1cc2oc3cc4c(cc3nc-2cc1C)OCCN4CCCC(=O)NCc1ccc(-c2nnc(C)nn2)cc1. The molecule has 0 saturated heterocycles. The van der Waals surface area contributed by atoms with Crippen molar-refractivity contribution in [2.24, 2.45) is 4.99 Å². The van der Waals surface area contributed by atoms with Crippen molar-refractivity contribution in [3.05, 3.63) is 70.8 Å². The first-order chi connectivity index (χ1) is 20.0. The third-order valence-electron chi connectivity index (χ3n) is 7.09. The van der Waals surface area contributed by atoms with Gasteiger partial charge in [-0.05, 0) is 37.5 Å². The molecular formula is C30H30N8O3. The van der Waals surface area contributed by atoms with Crippen LogP contribution in [0.25, 0.3) is 33.9 Å². The molecule has 0 unspecified atom stereocenters. The van der Waals surface area contributed by atoms with E-state index in [0.29, 0.717) is 49.0 Å². The van der Waals surface area contributed by atoms with Gasteiger partial charge in [0, 0.05) is 50.3 Å². The molecule has 1 N–H and O–H groups in total. The second-order valence-corrected chi connectivity index (χ2v) is 10.0. The first-order valence-electron chi connectivity index (χ1n) is 13.6. The van der Waals surface area contributed by atoms with Crippen LogP contribution in [0.4, 0.5) is 5.69 Å². The van der Waals surface area contributed by atoms with Gasteiger partial charge in [-0.1, -0.05) is 24.3 Å². The number of hydrogen-bond acceptors (Lipinski definition) is 10. The van der Waals surface area contributed by atoms with Crippen molar-refractivity contribution in [3.63, 3.8) is 0 Å². The third kappa shape index (κ3) is 5.69. The predicted octanol–water partition coefficient (Wildman–Crippen LogP) is 3.62. The van der Waals surface area contributed by atoms with E-state index >= 15 is 0 Å². The molecule has 2 aliphatic heterocycles. The summed E-state index contributed by atoms with van der Waals surface area (Å²) in [7, 11) is 1.77. The lowest BCUT2D eigenvalue weighted by Gasteiger charge is -2.31. The average Bonchev–Trinajstić information content (AvgIpc) is 2.98. The molecule has 0 atom stereocenters. The Morgan fingerprint density at radius 2 is 1.85 bits per heavy atom. The minimum atomic E-state index is 0.00875. The minimum absolute atomic E-state index is 0.00875. The minimum Gasteiger partial charge on any atom is -0.489 e. The second-order valence-electron chi connectivity index (χ2n) is 10.0. The van der Waals surface area contributed by atoms with Gasteiger partial charge in [0.25, 0.3) is 0 Å². The monoisotopic (exact) mass is 550 g/mol. The Kier molecular flexibility index (Phi) is 7.24. The molecule has 0 fully saturated rings. The first-order valence-corrected chi connectivity index (χ1v) is 13.6. The van der Waals surface area contributed by atoms with Crippen molar-refractivity contribution in [3.8, 4) is 28.6 Å². The molecule has 11 heteroatoms. The van der Waals surface area contributed by atoms with Crippen molar-refractivity contribution in [2.45, 2.75) is 33.2 Å². The highest BCUT2D eigenvalue weighted by atomic mass is 16.5. The Morgan fingerprint density at radius 1 is 1.05 bits per heavy atom. The van der Waals surface area contributed by atoms with Crippen LogP contribution < -0.4 is 20.3 Å². The van der Waals surface area contributed by atoms with Crippen LogP contribution in [0.2, 0.25) is 0 Å². The number of amides is 1. The van der Waals surface area contributed by atoms with E-state index in [4.69, 9.17) is 14.1 Å². The number of hydrogen-bond donors (Lipinski definition) is 1. The van der Waals surface area contributed by atoms with E-state index in [1.807, 2.05) is 55.5 Å². The third-order valence-corrected chi connectivity index (χ3v) is 7.09.